The van der Waals surface area contributed by atoms with Gasteiger partial charge in [0.05, 0.1) is 30.7 Å². The van der Waals surface area contributed by atoms with Gasteiger partial charge in [-0.05, 0) is 121 Å². The van der Waals surface area contributed by atoms with Crippen molar-refractivity contribution in [2.45, 2.75) is 70.6 Å². The Morgan fingerprint density at radius 1 is 0.864 bits per heavy atom. The molecule has 0 fully saturated rings. The van der Waals surface area contributed by atoms with Crippen LogP contribution >= 0.6 is 0 Å². The number of unbranched alkanes of at least 4 members (excludes halogenated alkanes) is 2. The molecule has 0 aliphatic heterocycles. The molecule has 1 heterocycles. The molecule has 220 valence electrons. The molecule has 3 aromatic carbocycles. The monoisotopic (exact) mass is 581 g/mol. The molecule has 2 aliphatic carbocycles. The number of allylic oxidation sites excluding steroid dienone is 4. The van der Waals surface area contributed by atoms with Crippen LogP contribution in [0.4, 0.5) is 0 Å². The maximum Gasteiger partial charge on any atom is 0.248 e. The third kappa shape index (κ3) is 6.05. The SMILES string of the molecule is N#CC/C(C#N)=C1/CCCc2cc(OCCCCCC(=O)n3nnc4ccccc43)ccc2/C1=C1/CCCc2ccccc21. The lowest BCUT2D eigenvalue weighted by molar-refractivity contribution is 0.0885. The molecule has 4 aromatic rings. The minimum Gasteiger partial charge on any atom is -0.494 e. The molecule has 0 radical (unpaired) electrons. The molecule has 0 bridgehead atoms. The number of hydrogen-bond donors (Lipinski definition) is 0. The zero-order valence-corrected chi connectivity index (χ0v) is 24.9. The van der Waals surface area contributed by atoms with Gasteiger partial charge in [0, 0.05) is 12.0 Å². The highest BCUT2D eigenvalue weighted by Gasteiger charge is 2.26. The number of carbonyl (C=O) groups is 1. The minimum absolute atomic E-state index is 0.0429. The Balaban J connectivity index is 1.16. The lowest BCUT2D eigenvalue weighted by Gasteiger charge is -2.25. The van der Waals surface area contributed by atoms with Gasteiger partial charge in [-0.3, -0.25) is 4.79 Å². The zero-order valence-electron chi connectivity index (χ0n) is 24.9. The van der Waals surface area contributed by atoms with Crippen LogP contribution in [-0.2, 0) is 12.8 Å². The first-order valence-corrected chi connectivity index (χ1v) is 15.6. The molecule has 0 N–H and O–H groups in total. The van der Waals surface area contributed by atoms with Gasteiger partial charge in [0.25, 0.3) is 0 Å². The summed E-state index contributed by atoms with van der Waals surface area (Å²) in [6.07, 6.45) is 8.69. The van der Waals surface area contributed by atoms with E-state index < -0.39 is 0 Å². The van der Waals surface area contributed by atoms with Crippen LogP contribution in [0.15, 0.2) is 77.9 Å². The van der Waals surface area contributed by atoms with Crippen molar-refractivity contribution in [1.82, 2.24) is 15.0 Å². The van der Waals surface area contributed by atoms with E-state index in [0.29, 0.717) is 18.6 Å². The number of ether oxygens (including phenoxy) is 1. The first kappa shape index (κ1) is 29.1. The van der Waals surface area contributed by atoms with E-state index in [1.807, 2.05) is 30.3 Å². The normalized spacial score (nSPS) is 17.1. The predicted octanol–water partition coefficient (Wildman–Crippen LogP) is 8.03. The second-order valence-electron chi connectivity index (χ2n) is 11.5. The number of para-hydroxylation sites is 1. The van der Waals surface area contributed by atoms with E-state index in [0.717, 1.165) is 91.3 Å². The van der Waals surface area contributed by atoms with Gasteiger partial charge < -0.3 is 4.74 Å². The maximum atomic E-state index is 12.7. The molecule has 0 amide bonds. The highest BCUT2D eigenvalue weighted by molar-refractivity contribution is 6.01. The van der Waals surface area contributed by atoms with E-state index in [-0.39, 0.29) is 12.3 Å². The molecule has 0 unspecified atom stereocenters. The first-order chi connectivity index (χ1) is 21.7. The number of nitrogens with zero attached hydrogens (tertiary/aromatic N) is 5. The third-order valence-corrected chi connectivity index (χ3v) is 8.68. The van der Waals surface area contributed by atoms with Crippen LogP contribution in [0.1, 0.15) is 84.8 Å². The Bertz CT molecular complexity index is 1850. The summed E-state index contributed by atoms with van der Waals surface area (Å²) >= 11 is 0. The summed E-state index contributed by atoms with van der Waals surface area (Å²) in [6.45, 7) is 0.576. The van der Waals surface area contributed by atoms with Crippen molar-refractivity contribution in [3.8, 4) is 17.9 Å². The van der Waals surface area contributed by atoms with Crippen molar-refractivity contribution < 1.29 is 9.53 Å². The predicted molar refractivity (Wildman–Crippen MR) is 171 cm³/mol. The lowest BCUT2D eigenvalue weighted by Crippen LogP contribution is -2.12. The van der Waals surface area contributed by atoms with Gasteiger partial charge in [0.1, 0.15) is 11.3 Å². The fraction of sp³-hybridized carbons (Fsp3) is 0.324. The van der Waals surface area contributed by atoms with Gasteiger partial charge >= 0.3 is 0 Å². The Morgan fingerprint density at radius 3 is 2.57 bits per heavy atom. The molecule has 0 spiro atoms. The molecule has 44 heavy (non-hydrogen) atoms. The summed E-state index contributed by atoms with van der Waals surface area (Å²) in [5.41, 5.74) is 10.5. The lowest BCUT2D eigenvalue weighted by atomic mass is 9.79. The number of rotatable bonds is 8. The summed E-state index contributed by atoms with van der Waals surface area (Å²) in [4.78, 5) is 12.7. The highest BCUT2D eigenvalue weighted by atomic mass is 16.5. The molecule has 7 nitrogen and oxygen atoms in total. The van der Waals surface area contributed by atoms with Crippen molar-refractivity contribution in [3.05, 3.63) is 100 Å². The van der Waals surface area contributed by atoms with Crippen LogP contribution < -0.4 is 4.74 Å². The Morgan fingerprint density at radius 2 is 1.68 bits per heavy atom. The van der Waals surface area contributed by atoms with Crippen LogP contribution in [0.25, 0.3) is 22.2 Å². The van der Waals surface area contributed by atoms with Crippen molar-refractivity contribution in [2.24, 2.45) is 0 Å². The van der Waals surface area contributed by atoms with Crippen LogP contribution in [0.5, 0.6) is 5.75 Å². The Kier molecular flexibility index (Phi) is 8.94. The highest BCUT2D eigenvalue weighted by Crippen LogP contribution is 2.45. The number of aromatic nitrogens is 3. The molecule has 0 saturated heterocycles. The average Bonchev–Trinajstić information content (AvgIpc) is 3.41. The topological polar surface area (TPSA) is 105 Å². The molecule has 6 rings (SSSR count). The number of hydrogen-bond acceptors (Lipinski definition) is 6. The first-order valence-electron chi connectivity index (χ1n) is 15.6. The van der Waals surface area contributed by atoms with E-state index >= 15 is 0 Å². The van der Waals surface area contributed by atoms with E-state index in [1.165, 1.54) is 26.9 Å². The van der Waals surface area contributed by atoms with Crippen LogP contribution in [0, 0.1) is 22.7 Å². The molecule has 0 saturated carbocycles. The standard InChI is InChI=1S/C37H35N5O2/c38-22-21-28(25-39)31-14-9-12-27-24-29(19-20-32(27)37(31)33-15-8-11-26-10-3-4-13-30(26)33)44-23-7-1-2-18-36(43)42-35-17-6-5-16-34(35)40-41-42/h3-6,10,13,16-17,19-20,24H,1-2,7-9,11-12,14-15,18,21,23H2/b31-28+,37-33-. The van der Waals surface area contributed by atoms with Gasteiger partial charge in [-0.1, -0.05) is 47.7 Å². The van der Waals surface area contributed by atoms with E-state index in [9.17, 15) is 15.3 Å². The summed E-state index contributed by atoms with van der Waals surface area (Å²) in [5.74, 6) is 0.797. The number of benzene rings is 3. The largest absolute Gasteiger partial charge is 0.494 e. The number of fused-ring (bicyclic) bond motifs is 3. The van der Waals surface area contributed by atoms with E-state index in [2.05, 4.69) is 58.8 Å². The summed E-state index contributed by atoms with van der Waals surface area (Å²) < 4.78 is 7.59. The number of aryl methyl sites for hydroxylation is 2. The maximum absolute atomic E-state index is 12.7. The Hall–Kier alpha value is -5.01. The van der Waals surface area contributed by atoms with Gasteiger partial charge in [-0.15, -0.1) is 5.10 Å². The second-order valence-corrected chi connectivity index (χ2v) is 11.5. The second kappa shape index (κ2) is 13.5. The molecule has 2 aliphatic rings. The van der Waals surface area contributed by atoms with E-state index in [4.69, 9.17) is 4.74 Å². The van der Waals surface area contributed by atoms with Gasteiger partial charge in [0.2, 0.25) is 5.91 Å². The molecular formula is C37H35N5O2. The smallest absolute Gasteiger partial charge is 0.248 e. The fourth-order valence-corrected chi connectivity index (χ4v) is 6.58. The minimum atomic E-state index is -0.0429. The molecule has 1 aromatic heterocycles. The summed E-state index contributed by atoms with van der Waals surface area (Å²) in [7, 11) is 0. The van der Waals surface area contributed by atoms with Gasteiger partial charge in [-0.25, -0.2) is 0 Å². The van der Waals surface area contributed by atoms with Crippen molar-refractivity contribution in [3.63, 3.8) is 0 Å². The van der Waals surface area contributed by atoms with Gasteiger partial charge in [-0.2, -0.15) is 15.2 Å². The van der Waals surface area contributed by atoms with E-state index in [1.54, 1.807) is 0 Å². The number of nitriles is 2. The average molecular weight is 582 g/mol. The van der Waals surface area contributed by atoms with Gasteiger partial charge in [0.15, 0.2) is 0 Å². The van der Waals surface area contributed by atoms with Crippen molar-refractivity contribution >= 4 is 28.1 Å². The zero-order chi connectivity index (χ0) is 30.3. The third-order valence-electron chi connectivity index (χ3n) is 8.68. The molecule has 0 atom stereocenters. The van der Waals surface area contributed by atoms with Crippen LogP contribution in [-0.4, -0.2) is 27.5 Å². The molecular weight excluding hydrogens is 546 g/mol. The summed E-state index contributed by atoms with van der Waals surface area (Å²) in [5, 5.41) is 27.7. The quantitative estimate of drug-likeness (QED) is 0.118. The Labute approximate surface area is 258 Å². The fourth-order valence-electron chi connectivity index (χ4n) is 6.58. The van der Waals surface area contributed by atoms with Crippen LogP contribution in [0.2, 0.25) is 0 Å². The van der Waals surface area contributed by atoms with Crippen LogP contribution in [0.3, 0.4) is 0 Å². The van der Waals surface area contributed by atoms with Crippen molar-refractivity contribution in [2.75, 3.05) is 6.61 Å². The van der Waals surface area contributed by atoms with Crippen molar-refractivity contribution in [1.29, 1.82) is 10.5 Å². The number of carbonyl (C=O) groups excluding carboxylic acids is 1. The summed E-state index contributed by atoms with van der Waals surface area (Å²) in [6, 6.07) is 27.0. The molecule has 7 heteroatoms.